The number of hydrogen-bond donors (Lipinski definition) is 1. The molecule has 1 saturated carbocycles. The van der Waals surface area contributed by atoms with E-state index in [4.69, 9.17) is 11.6 Å². The van der Waals surface area contributed by atoms with Crippen LogP contribution in [-0.4, -0.2) is 22.4 Å². The van der Waals surface area contributed by atoms with Gasteiger partial charge in [-0.1, -0.05) is 6.42 Å². The third-order valence-electron chi connectivity index (χ3n) is 3.75. The minimum Gasteiger partial charge on any atom is -0.368 e. The molecule has 0 saturated heterocycles. The summed E-state index contributed by atoms with van der Waals surface area (Å²) >= 11 is 5.97. The minimum absolute atomic E-state index is 0.670. The Morgan fingerprint density at radius 2 is 2.06 bits per heavy atom. The summed E-state index contributed by atoms with van der Waals surface area (Å²) in [6.07, 6.45) is 5.67. The van der Waals surface area contributed by atoms with Crippen molar-refractivity contribution in [2.75, 3.05) is 17.7 Å². The van der Waals surface area contributed by atoms with Gasteiger partial charge in [0.05, 0.1) is 17.6 Å². The molecule has 1 heterocycles. The standard InChI is InChI=1S/C13H20ClN3/c1-9-10(2)17-13(8-15-9)16-7-12-5-3-4-11(12)6-14/h8,11-12H,3-7H2,1-2H3,(H,16,17). The summed E-state index contributed by atoms with van der Waals surface area (Å²) in [5.41, 5.74) is 1.99. The molecular weight excluding hydrogens is 234 g/mol. The van der Waals surface area contributed by atoms with Gasteiger partial charge in [-0.2, -0.15) is 0 Å². The largest absolute Gasteiger partial charge is 0.368 e. The first kappa shape index (κ1) is 12.6. The van der Waals surface area contributed by atoms with Gasteiger partial charge in [0.15, 0.2) is 0 Å². The lowest BCUT2D eigenvalue weighted by molar-refractivity contribution is 0.444. The summed E-state index contributed by atoms with van der Waals surface area (Å²) in [6, 6.07) is 0. The summed E-state index contributed by atoms with van der Waals surface area (Å²) < 4.78 is 0. The van der Waals surface area contributed by atoms with E-state index in [0.717, 1.165) is 29.6 Å². The summed E-state index contributed by atoms with van der Waals surface area (Å²) in [7, 11) is 0. The maximum absolute atomic E-state index is 5.97. The third kappa shape index (κ3) is 3.09. The molecule has 1 aromatic rings. The van der Waals surface area contributed by atoms with Gasteiger partial charge in [-0.05, 0) is 38.5 Å². The zero-order valence-electron chi connectivity index (χ0n) is 10.5. The molecular formula is C13H20ClN3. The number of aryl methyl sites for hydroxylation is 2. The van der Waals surface area contributed by atoms with Crippen LogP contribution in [0.1, 0.15) is 30.7 Å². The highest BCUT2D eigenvalue weighted by Crippen LogP contribution is 2.32. The van der Waals surface area contributed by atoms with Gasteiger partial charge >= 0.3 is 0 Å². The molecule has 2 atom stereocenters. The molecule has 17 heavy (non-hydrogen) atoms. The fourth-order valence-electron chi connectivity index (χ4n) is 2.45. The van der Waals surface area contributed by atoms with E-state index in [2.05, 4.69) is 15.3 Å². The van der Waals surface area contributed by atoms with Gasteiger partial charge in [0.1, 0.15) is 5.82 Å². The minimum atomic E-state index is 0.670. The lowest BCUT2D eigenvalue weighted by Crippen LogP contribution is -2.20. The number of rotatable bonds is 4. The Kier molecular flexibility index (Phi) is 4.21. The topological polar surface area (TPSA) is 37.8 Å². The molecule has 1 aliphatic rings. The molecule has 2 rings (SSSR count). The van der Waals surface area contributed by atoms with Crippen LogP contribution in [0.2, 0.25) is 0 Å². The highest BCUT2D eigenvalue weighted by atomic mass is 35.5. The number of nitrogens with one attached hydrogen (secondary N) is 1. The smallest absolute Gasteiger partial charge is 0.144 e. The first-order valence-electron chi connectivity index (χ1n) is 6.30. The van der Waals surface area contributed by atoms with Crippen LogP contribution in [0.5, 0.6) is 0 Å². The monoisotopic (exact) mass is 253 g/mol. The Morgan fingerprint density at radius 3 is 2.76 bits per heavy atom. The zero-order chi connectivity index (χ0) is 12.3. The van der Waals surface area contributed by atoms with Gasteiger partial charge in [0.2, 0.25) is 0 Å². The third-order valence-corrected chi connectivity index (χ3v) is 4.15. The van der Waals surface area contributed by atoms with Crippen LogP contribution in [0.25, 0.3) is 0 Å². The second-order valence-electron chi connectivity index (χ2n) is 4.91. The van der Waals surface area contributed by atoms with Crippen molar-refractivity contribution in [2.24, 2.45) is 11.8 Å². The first-order valence-corrected chi connectivity index (χ1v) is 6.84. The lowest BCUT2D eigenvalue weighted by Gasteiger charge is -2.18. The molecule has 1 fully saturated rings. The molecule has 1 aliphatic carbocycles. The number of aromatic nitrogens is 2. The fourth-order valence-corrected chi connectivity index (χ4v) is 2.85. The predicted molar refractivity (Wildman–Crippen MR) is 71.5 cm³/mol. The van der Waals surface area contributed by atoms with Crippen molar-refractivity contribution in [1.29, 1.82) is 0 Å². The van der Waals surface area contributed by atoms with Crippen LogP contribution in [0.3, 0.4) is 0 Å². The molecule has 94 valence electrons. The van der Waals surface area contributed by atoms with Gasteiger partial charge < -0.3 is 5.32 Å². The summed E-state index contributed by atoms with van der Waals surface area (Å²) in [6.45, 7) is 4.94. The zero-order valence-corrected chi connectivity index (χ0v) is 11.3. The van der Waals surface area contributed by atoms with E-state index in [0.29, 0.717) is 11.8 Å². The number of anilines is 1. The molecule has 1 N–H and O–H groups in total. The second kappa shape index (κ2) is 5.67. The van der Waals surface area contributed by atoms with Gasteiger partial charge in [-0.25, -0.2) is 4.98 Å². The van der Waals surface area contributed by atoms with Crippen molar-refractivity contribution in [3.05, 3.63) is 17.6 Å². The van der Waals surface area contributed by atoms with Gasteiger partial charge in [-0.15, -0.1) is 11.6 Å². The number of hydrogen-bond acceptors (Lipinski definition) is 3. The van der Waals surface area contributed by atoms with Crippen LogP contribution in [0.4, 0.5) is 5.82 Å². The normalized spacial score (nSPS) is 23.9. The van der Waals surface area contributed by atoms with E-state index >= 15 is 0 Å². The van der Waals surface area contributed by atoms with E-state index in [1.165, 1.54) is 19.3 Å². The second-order valence-corrected chi connectivity index (χ2v) is 5.22. The molecule has 0 bridgehead atoms. The molecule has 0 aliphatic heterocycles. The van der Waals surface area contributed by atoms with Gasteiger partial charge in [0.25, 0.3) is 0 Å². The molecule has 3 nitrogen and oxygen atoms in total. The van der Waals surface area contributed by atoms with E-state index < -0.39 is 0 Å². The van der Waals surface area contributed by atoms with Crippen LogP contribution >= 0.6 is 11.6 Å². The highest BCUT2D eigenvalue weighted by Gasteiger charge is 2.26. The van der Waals surface area contributed by atoms with Crippen LogP contribution in [0.15, 0.2) is 6.20 Å². The summed E-state index contributed by atoms with van der Waals surface area (Å²) in [5, 5.41) is 3.39. The van der Waals surface area contributed by atoms with Crippen molar-refractivity contribution in [1.82, 2.24) is 9.97 Å². The van der Waals surface area contributed by atoms with Crippen molar-refractivity contribution in [3.8, 4) is 0 Å². The molecule has 0 spiro atoms. The number of alkyl halides is 1. The maximum atomic E-state index is 5.97. The lowest BCUT2D eigenvalue weighted by atomic mass is 9.98. The molecule has 1 aromatic heterocycles. The Labute approximate surface area is 108 Å². The quantitative estimate of drug-likeness (QED) is 0.838. The Bertz CT molecular complexity index is 381. The van der Waals surface area contributed by atoms with Crippen molar-refractivity contribution < 1.29 is 0 Å². The molecule has 2 unspecified atom stereocenters. The Balaban J connectivity index is 1.91. The number of nitrogens with zero attached hydrogens (tertiary/aromatic N) is 2. The van der Waals surface area contributed by atoms with Gasteiger partial charge in [-0.3, -0.25) is 4.98 Å². The van der Waals surface area contributed by atoms with Crippen molar-refractivity contribution in [2.45, 2.75) is 33.1 Å². The van der Waals surface area contributed by atoms with Crippen molar-refractivity contribution >= 4 is 17.4 Å². The SMILES string of the molecule is Cc1ncc(NCC2CCCC2CCl)nc1C. The first-order chi connectivity index (χ1) is 8.20. The Morgan fingerprint density at radius 1 is 1.29 bits per heavy atom. The van der Waals surface area contributed by atoms with Gasteiger partial charge in [0, 0.05) is 12.4 Å². The highest BCUT2D eigenvalue weighted by molar-refractivity contribution is 6.18. The average Bonchev–Trinajstić information content (AvgIpc) is 2.78. The summed E-state index contributed by atoms with van der Waals surface area (Å²) in [5.74, 6) is 3.03. The maximum Gasteiger partial charge on any atom is 0.144 e. The van der Waals surface area contributed by atoms with E-state index in [9.17, 15) is 0 Å². The Hall–Kier alpha value is -0.830. The van der Waals surface area contributed by atoms with E-state index in [1.807, 2.05) is 20.0 Å². The molecule has 0 aromatic carbocycles. The molecule has 4 heteroatoms. The average molecular weight is 254 g/mol. The van der Waals surface area contributed by atoms with Crippen LogP contribution in [0, 0.1) is 25.7 Å². The molecule has 0 amide bonds. The van der Waals surface area contributed by atoms with E-state index in [-0.39, 0.29) is 0 Å². The van der Waals surface area contributed by atoms with Crippen LogP contribution in [-0.2, 0) is 0 Å². The van der Waals surface area contributed by atoms with E-state index in [1.54, 1.807) is 0 Å². The molecule has 0 radical (unpaired) electrons. The summed E-state index contributed by atoms with van der Waals surface area (Å²) in [4.78, 5) is 8.79. The van der Waals surface area contributed by atoms with Crippen molar-refractivity contribution in [3.63, 3.8) is 0 Å². The fraction of sp³-hybridized carbons (Fsp3) is 0.692. The number of halogens is 1. The predicted octanol–water partition coefficient (Wildman–Crippen LogP) is 3.16. The van der Waals surface area contributed by atoms with Crippen LogP contribution < -0.4 is 5.32 Å².